The maximum atomic E-state index is 12.3. The molecule has 0 saturated carbocycles. The highest BCUT2D eigenvalue weighted by atomic mass is 16.5. The molecule has 0 fully saturated rings. The van der Waals surface area contributed by atoms with Gasteiger partial charge < -0.3 is 14.5 Å². The number of ether oxygens (including phenoxy) is 2. The summed E-state index contributed by atoms with van der Waals surface area (Å²) < 4.78 is 10.7. The fourth-order valence-electron chi connectivity index (χ4n) is 2.44. The molecule has 24 heavy (non-hydrogen) atoms. The molecular formula is C19H17NO4. The zero-order valence-electron chi connectivity index (χ0n) is 13.2. The maximum absolute atomic E-state index is 12.3. The topological polar surface area (TPSA) is 68.4 Å². The first kappa shape index (κ1) is 15.8. The largest absolute Gasteiger partial charge is 0.493 e. The molecule has 2 aromatic carbocycles. The van der Waals surface area contributed by atoms with E-state index in [0.717, 1.165) is 10.9 Å². The molecule has 0 atom stereocenters. The van der Waals surface area contributed by atoms with Crippen LogP contribution in [-0.2, 0) is 11.3 Å². The van der Waals surface area contributed by atoms with Crippen LogP contribution in [0.25, 0.3) is 10.9 Å². The SMILES string of the molecule is CCOc1ccccc1C(=O)OCc1cc2ccccc2[nH]c1=O. The van der Waals surface area contributed by atoms with Crippen LogP contribution < -0.4 is 10.3 Å². The highest BCUT2D eigenvalue weighted by Gasteiger charge is 2.14. The second kappa shape index (κ2) is 7.00. The molecule has 5 nitrogen and oxygen atoms in total. The summed E-state index contributed by atoms with van der Waals surface area (Å²) in [4.78, 5) is 27.1. The molecule has 1 aromatic heterocycles. The summed E-state index contributed by atoms with van der Waals surface area (Å²) in [5, 5.41) is 0.887. The third-order valence-electron chi connectivity index (χ3n) is 3.60. The van der Waals surface area contributed by atoms with Gasteiger partial charge in [-0.15, -0.1) is 0 Å². The maximum Gasteiger partial charge on any atom is 0.342 e. The van der Waals surface area contributed by atoms with Gasteiger partial charge in [-0.1, -0.05) is 30.3 Å². The number of hydrogen-bond acceptors (Lipinski definition) is 4. The minimum Gasteiger partial charge on any atom is -0.493 e. The van der Waals surface area contributed by atoms with E-state index in [4.69, 9.17) is 9.47 Å². The molecular weight excluding hydrogens is 306 g/mol. The van der Waals surface area contributed by atoms with Crippen LogP contribution in [0.1, 0.15) is 22.8 Å². The number of aromatic nitrogens is 1. The number of esters is 1. The molecule has 0 spiro atoms. The molecule has 1 N–H and O–H groups in total. The minimum absolute atomic E-state index is 0.0978. The molecule has 0 unspecified atom stereocenters. The van der Waals surface area contributed by atoms with Crippen molar-refractivity contribution in [3.63, 3.8) is 0 Å². The first-order chi connectivity index (χ1) is 11.7. The van der Waals surface area contributed by atoms with E-state index in [1.807, 2.05) is 31.2 Å². The van der Waals surface area contributed by atoms with E-state index in [-0.39, 0.29) is 12.2 Å². The first-order valence-corrected chi connectivity index (χ1v) is 7.69. The molecule has 0 saturated heterocycles. The zero-order valence-corrected chi connectivity index (χ0v) is 13.2. The van der Waals surface area contributed by atoms with Crippen LogP contribution in [0.2, 0.25) is 0 Å². The number of aromatic amines is 1. The highest BCUT2D eigenvalue weighted by Crippen LogP contribution is 2.19. The van der Waals surface area contributed by atoms with Crippen molar-refractivity contribution >= 4 is 16.9 Å². The van der Waals surface area contributed by atoms with E-state index in [9.17, 15) is 9.59 Å². The van der Waals surface area contributed by atoms with Gasteiger partial charge in [0.1, 0.15) is 17.9 Å². The summed E-state index contributed by atoms with van der Waals surface area (Å²) >= 11 is 0. The third kappa shape index (κ3) is 3.30. The monoisotopic (exact) mass is 323 g/mol. The van der Waals surface area contributed by atoms with Crippen LogP contribution in [-0.4, -0.2) is 17.6 Å². The minimum atomic E-state index is -0.522. The Balaban J connectivity index is 1.80. The molecule has 0 aliphatic rings. The molecule has 0 aliphatic carbocycles. The summed E-state index contributed by atoms with van der Waals surface area (Å²) in [5.74, 6) is -0.0518. The second-order valence-corrected chi connectivity index (χ2v) is 5.22. The van der Waals surface area contributed by atoms with E-state index >= 15 is 0 Å². The fourth-order valence-corrected chi connectivity index (χ4v) is 2.44. The van der Waals surface area contributed by atoms with Crippen molar-refractivity contribution in [1.82, 2.24) is 4.98 Å². The lowest BCUT2D eigenvalue weighted by Crippen LogP contribution is -2.16. The number of nitrogens with one attached hydrogen (secondary N) is 1. The number of hydrogen-bond donors (Lipinski definition) is 1. The average molecular weight is 323 g/mol. The standard InChI is InChI=1S/C19H17NO4/c1-2-23-17-10-6-4-8-15(17)19(22)24-12-14-11-13-7-3-5-9-16(13)20-18(14)21/h3-11H,2,12H2,1H3,(H,20,21). The van der Waals surface area contributed by atoms with Crippen molar-refractivity contribution in [3.8, 4) is 5.75 Å². The molecule has 3 aromatic rings. The number of carbonyl (C=O) groups excluding carboxylic acids is 1. The number of rotatable bonds is 5. The lowest BCUT2D eigenvalue weighted by atomic mass is 10.1. The van der Waals surface area contributed by atoms with Crippen LogP contribution in [0.5, 0.6) is 5.75 Å². The van der Waals surface area contributed by atoms with Gasteiger partial charge in [-0.2, -0.15) is 0 Å². The Hall–Kier alpha value is -3.08. The van der Waals surface area contributed by atoms with Crippen molar-refractivity contribution in [2.45, 2.75) is 13.5 Å². The van der Waals surface area contributed by atoms with Crippen LogP contribution in [0, 0.1) is 0 Å². The number of H-pyrrole nitrogens is 1. The van der Waals surface area contributed by atoms with Crippen molar-refractivity contribution in [1.29, 1.82) is 0 Å². The van der Waals surface area contributed by atoms with Gasteiger partial charge in [0.2, 0.25) is 0 Å². The lowest BCUT2D eigenvalue weighted by molar-refractivity contribution is 0.0467. The first-order valence-electron chi connectivity index (χ1n) is 7.69. The van der Waals surface area contributed by atoms with Gasteiger partial charge in [0.25, 0.3) is 5.56 Å². The van der Waals surface area contributed by atoms with Crippen molar-refractivity contribution in [3.05, 3.63) is 76.1 Å². The van der Waals surface area contributed by atoms with Gasteiger partial charge >= 0.3 is 5.97 Å². The predicted octanol–water partition coefficient (Wildman–Crippen LogP) is 3.28. The third-order valence-corrected chi connectivity index (χ3v) is 3.60. The zero-order chi connectivity index (χ0) is 16.9. The highest BCUT2D eigenvalue weighted by molar-refractivity contribution is 5.92. The number of carbonyl (C=O) groups is 1. The molecule has 0 radical (unpaired) electrons. The Bertz CT molecular complexity index is 930. The van der Waals surface area contributed by atoms with Gasteiger partial charge in [-0.05, 0) is 36.6 Å². The van der Waals surface area contributed by atoms with E-state index in [1.165, 1.54) is 0 Å². The fraction of sp³-hybridized carbons (Fsp3) is 0.158. The summed E-state index contributed by atoms with van der Waals surface area (Å²) in [6, 6.07) is 16.1. The smallest absolute Gasteiger partial charge is 0.342 e. The quantitative estimate of drug-likeness (QED) is 0.732. The summed E-state index contributed by atoms with van der Waals surface area (Å²) in [6.45, 7) is 2.20. The summed E-state index contributed by atoms with van der Waals surface area (Å²) in [7, 11) is 0. The Kier molecular flexibility index (Phi) is 4.61. The van der Waals surface area contributed by atoms with Crippen LogP contribution >= 0.6 is 0 Å². The van der Waals surface area contributed by atoms with E-state index < -0.39 is 5.97 Å². The van der Waals surface area contributed by atoms with Crippen LogP contribution in [0.3, 0.4) is 0 Å². The van der Waals surface area contributed by atoms with Gasteiger partial charge in [0.15, 0.2) is 0 Å². The molecule has 0 aliphatic heterocycles. The predicted molar refractivity (Wildman–Crippen MR) is 91.3 cm³/mol. The molecule has 3 rings (SSSR count). The Morgan fingerprint density at radius 1 is 1.08 bits per heavy atom. The molecule has 0 amide bonds. The van der Waals surface area contributed by atoms with Gasteiger partial charge in [0.05, 0.1) is 12.2 Å². The normalized spacial score (nSPS) is 10.5. The summed E-state index contributed by atoms with van der Waals surface area (Å²) in [5.41, 5.74) is 1.23. The van der Waals surface area contributed by atoms with Gasteiger partial charge in [0, 0.05) is 5.52 Å². The van der Waals surface area contributed by atoms with E-state index in [0.29, 0.717) is 23.5 Å². The van der Waals surface area contributed by atoms with Crippen molar-refractivity contribution in [2.24, 2.45) is 0 Å². The van der Waals surface area contributed by atoms with Gasteiger partial charge in [-0.25, -0.2) is 4.79 Å². The van der Waals surface area contributed by atoms with E-state index in [2.05, 4.69) is 4.98 Å². The number of fused-ring (bicyclic) bond motifs is 1. The van der Waals surface area contributed by atoms with Crippen molar-refractivity contribution < 1.29 is 14.3 Å². The Morgan fingerprint density at radius 3 is 2.67 bits per heavy atom. The van der Waals surface area contributed by atoms with Crippen LogP contribution in [0.15, 0.2) is 59.4 Å². The molecule has 1 heterocycles. The molecule has 0 bridgehead atoms. The Morgan fingerprint density at radius 2 is 1.83 bits per heavy atom. The van der Waals surface area contributed by atoms with Crippen LogP contribution in [0.4, 0.5) is 0 Å². The number of benzene rings is 2. The summed E-state index contributed by atoms with van der Waals surface area (Å²) in [6.07, 6.45) is 0. The number of pyridine rings is 1. The van der Waals surface area contributed by atoms with E-state index in [1.54, 1.807) is 30.3 Å². The van der Waals surface area contributed by atoms with Gasteiger partial charge in [-0.3, -0.25) is 4.79 Å². The molecule has 5 heteroatoms. The average Bonchev–Trinajstić information content (AvgIpc) is 2.60. The lowest BCUT2D eigenvalue weighted by Gasteiger charge is -2.10. The van der Waals surface area contributed by atoms with Crippen molar-refractivity contribution in [2.75, 3.05) is 6.61 Å². The molecule has 122 valence electrons. The number of para-hydroxylation sites is 2. The second-order valence-electron chi connectivity index (χ2n) is 5.22. The Labute approximate surface area is 138 Å².